The minimum atomic E-state index is -3.63. The second-order valence-electron chi connectivity index (χ2n) is 3.84. The first-order valence-electron chi connectivity index (χ1n) is 6.20. The second kappa shape index (κ2) is 7.77. The van der Waals surface area contributed by atoms with Crippen LogP contribution in [0.25, 0.3) is 0 Å². The third kappa shape index (κ3) is 3.65. The largest absolute Gasteiger partial charge is 0.340 e. The van der Waals surface area contributed by atoms with Gasteiger partial charge in [-0.2, -0.15) is 10.5 Å². The molecule has 0 aliphatic rings. The van der Waals surface area contributed by atoms with E-state index in [0.717, 1.165) is 0 Å². The Hall–Kier alpha value is -1.72. The van der Waals surface area contributed by atoms with E-state index < -0.39 is 19.2 Å². The Morgan fingerprint density at radius 3 is 2.30 bits per heavy atom. The molecule has 1 atom stereocenters. The molecular weight excluding hydrogens is 277 g/mol. The summed E-state index contributed by atoms with van der Waals surface area (Å²) in [6.07, 6.45) is 3.03. The molecule has 0 aromatic carbocycles. The van der Waals surface area contributed by atoms with E-state index in [1.54, 1.807) is 32.2 Å². The van der Waals surface area contributed by atoms with E-state index >= 15 is 0 Å². The van der Waals surface area contributed by atoms with Crippen molar-refractivity contribution in [2.45, 2.75) is 19.5 Å². The number of nitrogens with zero attached hydrogens (tertiary/aromatic N) is 3. The van der Waals surface area contributed by atoms with Crippen LogP contribution in [-0.4, -0.2) is 18.2 Å². The first-order valence-corrected chi connectivity index (χ1v) is 7.82. The summed E-state index contributed by atoms with van der Waals surface area (Å²) in [5, 5.41) is 18.3. The van der Waals surface area contributed by atoms with Crippen LogP contribution in [0.1, 0.15) is 25.1 Å². The monoisotopic (exact) mass is 293 g/mol. The number of aromatic nitrogens is 1. The average molecular weight is 293 g/mol. The van der Waals surface area contributed by atoms with Crippen molar-refractivity contribution >= 4 is 7.60 Å². The van der Waals surface area contributed by atoms with Gasteiger partial charge in [0.1, 0.15) is 5.66 Å². The van der Waals surface area contributed by atoms with E-state index in [-0.39, 0.29) is 13.2 Å². The van der Waals surface area contributed by atoms with Crippen molar-refractivity contribution in [2.24, 2.45) is 5.92 Å². The van der Waals surface area contributed by atoms with E-state index in [9.17, 15) is 4.57 Å². The zero-order chi connectivity index (χ0) is 15.0. The Labute approximate surface area is 118 Å². The lowest BCUT2D eigenvalue weighted by molar-refractivity contribution is 0.209. The molecule has 7 heteroatoms. The highest BCUT2D eigenvalue weighted by Gasteiger charge is 2.43. The first kappa shape index (κ1) is 16.3. The molecule has 20 heavy (non-hydrogen) atoms. The van der Waals surface area contributed by atoms with Crippen LogP contribution in [0.15, 0.2) is 24.5 Å². The summed E-state index contributed by atoms with van der Waals surface area (Å²) in [6.45, 7) is 3.69. The minimum absolute atomic E-state index is 0.164. The molecule has 1 aromatic heterocycles. The van der Waals surface area contributed by atoms with E-state index in [1.165, 1.54) is 6.20 Å². The summed E-state index contributed by atoms with van der Waals surface area (Å²) in [7, 11) is -3.63. The fraction of sp³-hybridized carbons (Fsp3) is 0.462. The number of hydrogen-bond acceptors (Lipinski definition) is 6. The first-order chi connectivity index (χ1) is 9.62. The molecule has 106 valence electrons. The Balaban J connectivity index is 3.33. The van der Waals surface area contributed by atoms with Crippen LogP contribution >= 0.6 is 7.60 Å². The van der Waals surface area contributed by atoms with Crippen molar-refractivity contribution in [1.82, 2.24) is 4.98 Å². The predicted molar refractivity (Wildman–Crippen MR) is 72.6 cm³/mol. The number of rotatable bonds is 7. The van der Waals surface area contributed by atoms with Gasteiger partial charge in [0.25, 0.3) is 0 Å². The maximum absolute atomic E-state index is 12.9. The van der Waals surface area contributed by atoms with Crippen LogP contribution in [0.2, 0.25) is 0 Å². The van der Waals surface area contributed by atoms with Gasteiger partial charge in [0.2, 0.25) is 0 Å². The quantitative estimate of drug-likeness (QED) is 0.717. The Morgan fingerprint density at radius 1 is 1.30 bits per heavy atom. The maximum atomic E-state index is 12.9. The molecular formula is C13H16N3O3P. The molecule has 0 N–H and O–H groups in total. The van der Waals surface area contributed by atoms with Crippen molar-refractivity contribution in [3.8, 4) is 12.1 Å². The molecule has 0 radical (unpaired) electrons. The molecule has 0 aliphatic carbocycles. The molecule has 6 nitrogen and oxygen atoms in total. The number of hydrogen-bond donors (Lipinski definition) is 0. The summed E-state index contributed by atoms with van der Waals surface area (Å²) in [6, 6.07) is 7.01. The minimum Gasteiger partial charge on any atom is -0.308 e. The van der Waals surface area contributed by atoms with Gasteiger partial charge in [-0.05, 0) is 25.5 Å². The van der Waals surface area contributed by atoms with E-state index in [2.05, 4.69) is 4.98 Å². The Bertz CT molecular complexity index is 526. The average Bonchev–Trinajstić information content (AvgIpc) is 2.45. The molecule has 1 unspecified atom stereocenters. The second-order valence-corrected chi connectivity index (χ2v) is 5.99. The lowest BCUT2D eigenvalue weighted by Gasteiger charge is -2.26. The molecule has 0 spiro atoms. The summed E-state index contributed by atoms with van der Waals surface area (Å²) in [4.78, 5) is 3.94. The summed E-state index contributed by atoms with van der Waals surface area (Å²) < 4.78 is 23.4. The Kier molecular flexibility index (Phi) is 6.35. The molecule has 0 saturated heterocycles. The predicted octanol–water partition coefficient (Wildman–Crippen LogP) is 3.05. The summed E-state index contributed by atoms with van der Waals surface area (Å²) >= 11 is 0. The molecule has 0 amide bonds. The standard InChI is InChI=1S/C13H16N3O3P/c1-3-18-20(17,19-4-2)13(12(8-14)9-15)11-6-5-7-16-10-11/h5-7,10,12-13H,3-4H2,1-2H3. The zero-order valence-corrected chi connectivity index (χ0v) is 12.3. The van der Waals surface area contributed by atoms with Crippen LogP contribution in [0, 0.1) is 28.6 Å². The number of pyridine rings is 1. The van der Waals surface area contributed by atoms with Gasteiger partial charge in [-0.3, -0.25) is 9.55 Å². The summed E-state index contributed by atoms with van der Waals surface area (Å²) in [5.41, 5.74) is -0.475. The normalized spacial score (nSPS) is 12.7. The number of nitriles is 2. The van der Waals surface area contributed by atoms with E-state index in [4.69, 9.17) is 19.6 Å². The maximum Gasteiger partial charge on any atom is 0.340 e. The molecule has 0 aliphatic heterocycles. The highest BCUT2D eigenvalue weighted by Crippen LogP contribution is 2.63. The van der Waals surface area contributed by atoms with Gasteiger partial charge in [0.05, 0.1) is 25.4 Å². The van der Waals surface area contributed by atoms with Gasteiger partial charge in [0, 0.05) is 12.4 Å². The van der Waals surface area contributed by atoms with Crippen molar-refractivity contribution in [3.63, 3.8) is 0 Å². The van der Waals surface area contributed by atoms with Gasteiger partial charge >= 0.3 is 7.60 Å². The third-order valence-electron chi connectivity index (χ3n) is 2.58. The highest BCUT2D eigenvalue weighted by molar-refractivity contribution is 7.54. The molecule has 0 fully saturated rings. The fourth-order valence-corrected chi connectivity index (χ4v) is 3.97. The highest BCUT2D eigenvalue weighted by atomic mass is 31.2. The lowest BCUT2D eigenvalue weighted by Crippen LogP contribution is -2.14. The molecule has 1 rings (SSSR count). The SMILES string of the molecule is CCOP(=O)(OCC)C(c1cccnc1)C(C#N)C#N. The lowest BCUT2D eigenvalue weighted by atomic mass is 10.0. The van der Waals surface area contributed by atoms with Crippen LogP contribution in [0.4, 0.5) is 0 Å². The molecule has 0 saturated carbocycles. The fourth-order valence-electron chi connectivity index (χ4n) is 1.84. The smallest absolute Gasteiger partial charge is 0.308 e. The van der Waals surface area contributed by atoms with E-state index in [1.807, 2.05) is 12.1 Å². The van der Waals surface area contributed by atoms with Gasteiger partial charge in [-0.1, -0.05) is 6.07 Å². The van der Waals surface area contributed by atoms with Crippen molar-refractivity contribution < 1.29 is 13.6 Å². The van der Waals surface area contributed by atoms with Crippen molar-refractivity contribution in [1.29, 1.82) is 10.5 Å². The van der Waals surface area contributed by atoms with Crippen molar-refractivity contribution in [2.75, 3.05) is 13.2 Å². The topological polar surface area (TPSA) is 96.0 Å². The van der Waals surface area contributed by atoms with E-state index in [0.29, 0.717) is 5.56 Å². The van der Waals surface area contributed by atoms with Gasteiger partial charge < -0.3 is 9.05 Å². The molecule has 0 bridgehead atoms. The van der Waals surface area contributed by atoms with Gasteiger partial charge in [0.15, 0.2) is 5.92 Å². The van der Waals surface area contributed by atoms with Crippen LogP contribution in [0.5, 0.6) is 0 Å². The van der Waals surface area contributed by atoms with Crippen LogP contribution in [0.3, 0.4) is 0 Å². The molecule has 1 heterocycles. The zero-order valence-electron chi connectivity index (χ0n) is 11.4. The van der Waals surface area contributed by atoms with Crippen molar-refractivity contribution in [3.05, 3.63) is 30.1 Å². The van der Waals surface area contributed by atoms with Gasteiger partial charge in [-0.15, -0.1) is 0 Å². The van der Waals surface area contributed by atoms with Gasteiger partial charge in [-0.25, -0.2) is 0 Å². The van der Waals surface area contributed by atoms with Crippen LogP contribution < -0.4 is 0 Å². The van der Waals surface area contributed by atoms with Crippen LogP contribution in [-0.2, 0) is 13.6 Å². The third-order valence-corrected chi connectivity index (χ3v) is 5.09. The Morgan fingerprint density at radius 2 is 1.90 bits per heavy atom. The molecule has 1 aromatic rings. The summed E-state index contributed by atoms with van der Waals surface area (Å²) in [5.74, 6) is -1.14.